The predicted octanol–water partition coefficient (Wildman–Crippen LogP) is 4.95. The standard InChI is InChI=1S/C24H39NO3/c1-4-19(26)10-8-17-6-5-7-22-21(17)11-9-18-15-20(12-13-24(18,22)3)28-23(27)14-16(2)25/h15-17,20-22H,4-14,25H2,1-3H3. The zero-order chi connectivity index (χ0) is 20.3. The number of hydrogen-bond acceptors (Lipinski definition) is 4. The van der Waals surface area contributed by atoms with E-state index in [0.717, 1.165) is 43.9 Å². The molecule has 28 heavy (non-hydrogen) atoms. The second kappa shape index (κ2) is 9.11. The number of ether oxygens (including phenoxy) is 1. The molecule has 2 saturated carbocycles. The van der Waals surface area contributed by atoms with E-state index in [9.17, 15) is 9.59 Å². The first kappa shape index (κ1) is 21.5. The Morgan fingerprint density at radius 1 is 1.29 bits per heavy atom. The molecule has 0 aromatic rings. The molecule has 0 radical (unpaired) electrons. The molecule has 3 aliphatic carbocycles. The summed E-state index contributed by atoms with van der Waals surface area (Å²) >= 11 is 0. The molecule has 0 amide bonds. The lowest BCUT2D eigenvalue weighted by Gasteiger charge is -2.55. The summed E-state index contributed by atoms with van der Waals surface area (Å²) in [5.74, 6) is 2.45. The summed E-state index contributed by atoms with van der Waals surface area (Å²) in [5.41, 5.74) is 7.49. The lowest BCUT2D eigenvalue weighted by Crippen LogP contribution is -2.46. The molecule has 2 N–H and O–H groups in total. The number of ketones is 1. The first-order valence-corrected chi connectivity index (χ1v) is 11.5. The maximum Gasteiger partial charge on any atom is 0.307 e. The number of carbonyl (C=O) groups excluding carboxylic acids is 2. The van der Waals surface area contributed by atoms with E-state index < -0.39 is 0 Å². The molecule has 4 nitrogen and oxygen atoms in total. The zero-order valence-electron chi connectivity index (χ0n) is 18.0. The van der Waals surface area contributed by atoms with Crippen molar-refractivity contribution in [1.82, 2.24) is 0 Å². The summed E-state index contributed by atoms with van der Waals surface area (Å²) in [6, 6.07) is -0.150. The number of fused-ring (bicyclic) bond motifs is 3. The van der Waals surface area contributed by atoms with Crippen LogP contribution in [0.4, 0.5) is 0 Å². The first-order valence-electron chi connectivity index (χ1n) is 11.5. The van der Waals surface area contributed by atoms with Gasteiger partial charge in [-0.15, -0.1) is 0 Å². The van der Waals surface area contributed by atoms with Crippen LogP contribution in [0.3, 0.4) is 0 Å². The first-order chi connectivity index (χ1) is 13.3. The number of Topliss-reactive ketones (excluding diaryl/α,β-unsaturated/α-hetero) is 1. The van der Waals surface area contributed by atoms with Crippen LogP contribution in [0.25, 0.3) is 0 Å². The van der Waals surface area contributed by atoms with Gasteiger partial charge in [0.15, 0.2) is 0 Å². The highest BCUT2D eigenvalue weighted by Gasteiger charge is 2.50. The maximum atomic E-state index is 12.0. The van der Waals surface area contributed by atoms with E-state index in [1.54, 1.807) is 0 Å². The highest BCUT2D eigenvalue weighted by Crippen LogP contribution is 2.59. The van der Waals surface area contributed by atoms with Gasteiger partial charge in [-0.25, -0.2) is 0 Å². The molecule has 2 fully saturated rings. The van der Waals surface area contributed by atoms with Gasteiger partial charge in [0.05, 0.1) is 6.42 Å². The monoisotopic (exact) mass is 389 g/mol. The summed E-state index contributed by atoms with van der Waals surface area (Å²) in [6.45, 7) is 6.27. The Morgan fingerprint density at radius 3 is 2.79 bits per heavy atom. The van der Waals surface area contributed by atoms with Gasteiger partial charge < -0.3 is 10.5 Å². The minimum atomic E-state index is -0.174. The Hall–Kier alpha value is -1.16. The van der Waals surface area contributed by atoms with Crippen LogP contribution in [0, 0.1) is 23.2 Å². The van der Waals surface area contributed by atoms with Crippen molar-refractivity contribution in [2.24, 2.45) is 28.9 Å². The molecule has 6 unspecified atom stereocenters. The second-order valence-corrected chi connectivity index (χ2v) is 9.79. The van der Waals surface area contributed by atoms with E-state index in [1.165, 1.54) is 31.3 Å². The van der Waals surface area contributed by atoms with E-state index in [0.29, 0.717) is 24.5 Å². The van der Waals surface area contributed by atoms with E-state index in [-0.39, 0.29) is 23.5 Å². The third kappa shape index (κ3) is 4.69. The van der Waals surface area contributed by atoms with Crippen molar-refractivity contribution in [2.45, 2.75) is 104 Å². The van der Waals surface area contributed by atoms with E-state index >= 15 is 0 Å². The highest BCUT2D eigenvalue weighted by atomic mass is 16.5. The van der Waals surface area contributed by atoms with Crippen molar-refractivity contribution < 1.29 is 14.3 Å². The molecule has 0 aromatic carbocycles. The average Bonchev–Trinajstić information content (AvgIpc) is 2.65. The Labute approximate surface area is 170 Å². The molecule has 0 aromatic heterocycles. The van der Waals surface area contributed by atoms with E-state index in [4.69, 9.17) is 10.5 Å². The number of allylic oxidation sites excluding steroid dienone is 1. The molecule has 0 heterocycles. The lowest BCUT2D eigenvalue weighted by molar-refractivity contribution is -0.148. The van der Waals surface area contributed by atoms with E-state index in [2.05, 4.69) is 13.0 Å². The third-order valence-corrected chi connectivity index (χ3v) is 7.81. The van der Waals surface area contributed by atoms with Crippen LogP contribution in [-0.4, -0.2) is 23.9 Å². The van der Waals surface area contributed by atoms with Crippen molar-refractivity contribution in [1.29, 1.82) is 0 Å². The summed E-state index contributed by atoms with van der Waals surface area (Å²) in [4.78, 5) is 23.9. The number of hydrogen-bond donors (Lipinski definition) is 1. The molecular weight excluding hydrogens is 350 g/mol. The topological polar surface area (TPSA) is 69.4 Å². The number of esters is 1. The molecule has 158 valence electrons. The van der Waals surface area contributed by atoms with E-state index in [1.807, 2.05) is 13.8 Å². The van der Waals surface area contributed by atoms with Crippen molar-refractivity contribution in [3.63, 3.8) is 0 Å². The minimum Gasteiger partial charge on any atom is -0.458 e. The summed E-state index contributed by atoms with van der Waals surface area (Å²) < 4.78 is 5.70. The summed E-state index contributed by atoms with van der Waals surface area (Å²) in [6.07, 6.45) is 13.3. The van der Waals surface area contributed by atoms with Gasteiger partial charge in [-0.2, -0.15) is 0 Å². The van der Waals surface area contributed by atoms with Crippen LogP contribution in [-0.2, 0) is 14.3 Å². The van der Waals surface area contributed by atoms with Gasteiger partial charge in [0.25, 0.3) is 0 Å². The molecule has 4 heteroatoms. The van der Waals surface area contributed by atoms with Crippen LogP contribution < -0.4 is 5.73 Å². The predicted molar refractivity (Wildman–Crippen MR) is 112 cm³/mol. The van der Waals surface area contributed by atoms with Gasteiger partial charge in [0.1, 0.15) is 11.9 Å². The molecule has 3 rings (SSSR count). The van der Waals surface area contributed by atoms with Crippen LogP contribution in [0.15, 0.2) is 11.6 Å². The maximum absolute atomic E-state index is 12.0. The number of rotatable bonds is 7. The Balaban J connectivity index is 1.67. The quantitative estimate of drug-likeness (QED) is 0.494. The van der Waals surface area contributed by atoms with Crippen molar-refractivity contribution in [3.05, 3.63) is 11.6 Å². The summed E-state index contributed by atoms with van der Waals surface area (Å²) in [5, 5.41) is 0. The molecule has 0 aliphatic heterocycles. The minimum absolute atomic E-state index is 0.0764. The van der Waals surface area contributed by atoms with Gasteiger partial charge in [-0.1, -0.05) is 32.3 Å². The SMILES string of the molecule is CCC(=O)CCC1CCCC2C1CCC1=CC(OC(=O)CC(C)N)CCC12C. The molecule has 6 atom stereocenters. The van der Waals surface area contributed by atoms with Crippen LogP contribution >= 0.6 is 0 Å². The largest absolute Gasteiger partial charge is 0.458 e. The molecule has 0 saturated heterocycles. The molecular formula is C24H39NO3. The van der Waals surface area contributed by atoms with Gasteiger partial charge in [0, 0.05) is 18.9 Å². The van der Waals surface area contributed by atoms with Gasteiger partial charge in [-0.05, 0) is 74.7 Å². The molecule has 0 spiro atoms. The number of nitrogens with two attached hydrogens (primary N) is 1. The highest BCUT2D eigenvalue weighted by molar-refractivity contribution is 5.77. The van der Waals surface area contributed by atoms with Crippen LogP contribution in [0.5, 0.6) is 0 Å². The fraction of sp³-hybridized carbons (Fsp3) is 0.833. The fourth-order valence-electron chi connectivity index (χ4n) is 6.25. The Kier molecular flexibility index (Phi) is 7.01. The molecule has 3 aliphatic rings. The molecule has 0 bridgehead atoms. The Morgan fingerprint density at radius 2 is 2.07 bits per heavy atom. The Bertz CT molecular complexity index is 611. The van der Waals surface area contributed by atoms with Gasteiger partial charge >= 0.3 is 5.97 Å². The van der Waals surface area contributed by atoms with Crippen molar-refractivity contribution >= 4 is 11.8 Å². The fourth-order valence-corrected chi connectivity index (χ4v) is 6.25. The van der Waals surface area contributed by atoms with Gasteiger partial charge in [-0.3, -0.25) is 9.59 Å². The lowest BCUT2D eigenvalue weighted by atomic mass is 9.50. The van der Waals surface area contributed by atoms with Crippen molar-refractivity contribution in [3.8, 4) is 0 Å². The smallest absolute Gasteiger partial charge is 0.307 e. The normalized spacial score (nSPS) is 35.9. The summed E-state index contributed by atoms with van der Waals surface area (Å²) in [7, 11) is 0. The second-order valence-electron chi connectivity index (χ2n) is 9.79. The zero-order valence-corrected chi connectivity index (χ0v) is 18.0. The van der Waals surface area contributed by atoms with Gasteiger partial charge in [0.2, 0.25) is 0 Å². The van der Waals surface area contributed by atoms with Crippen molar-refractivity contribution in [2.75, 3.05) is 0 Å². The number of carbonyl (C=O) groups is 2. The van der Waals surface area contributed by atoms with Crippen LogP contribution in [0.2, 0.25) is 0 Å². The third-order valence-electron chi connectivity index (χ3n) is 7.81. The van der Waals surface area contributed by atoms with Crippen LogP contribution in [0.1, 0.15) is 91.4 Å². The average molecular weight is 390 g/mol.